The van der Waals surface area contributed by atoms with Crippen molar-refractivity contribution < 1.29 is 19.4 Å². The van der Waals surface area contributed by atoms with Crippen LogP contribution in [0, 0.1) is 0 Å². The number of carboxylic acids is 1. The lowest BCUT2D eigenvalue weighted by atomic mass is 10.2. The Labute approximate surface area is 122 Å². The molecule has 6 nitrogen and oxygen atoms in total. The van der Waals surface area contributed by atoms with Crippen molar-refractivity contribution in [2.75, 3.05) is 32.6 Å². The summed E-state index contributed by atoms with van der Waals surface area (Å²) in [6.07, 6.45) is 0.728. The predicted molar refractivity (Wildman–Crippen MR) is 76.6 cm³/mol. The van der Waals surface area contributed by atoms with Crippen LogP contribution in [0.15, 0.2) is 18.2 Å². The van der Waals surface area contributed by atoms with E-state index < -0.39 is 5.97 Å². The molecule has 0 spiro atoms. The molecule has 20 heavy (non-hydrogen) atoms. The second kappa shape index (κ2) is 7.72. The average molecular weight is 301 g/mol. The van der Waals surface area contributed by atoms with Gasteiger partial charge in [-0.1, -0.05) is 11.6 Å². The van der Waals surface area contributed by atoms with Gasteiger partial charge in [-0.2, -0.15) is 0 Å². The third-order valence-corrected chi connectivity index (χ3v) is 2.96. The number of hydrogen-bond acceptors (Lipinski definition) is 3. The number of nitrogens with zero attached hydrogens (tertiary/aromatic N) is 1. The van der Waals surface area contributed by atoms with Crippen molar-refractivity contribution in [3.05, 3.63) is 28.8 Å². The molecule has 1 rings (SSSR count). The highest BCUT2D eigenvalue weighted by molar-refractivity contribution is 6.34. The maximum absolute atomic E-state index is 11.9. The van der Waals surface area contributed by atoms with Crippen LogP contribution in [0.1, 0.15) is 16.8 Å². The first-order valence-corrected chi connectivity index (χ1v) is 6.37. The van der Waals surface area contributed by atoms with Crippen LogP contribution in [0.2, 0.25) is 5.02 Å². The van der Waals surface area contributed by atoms with E-state index in [0.717, 1.165) is 6.42 Å². The Kier molecular flexibility index (Phi) is 6.27. The van der Waals surface area contributed by atoms with E-state index in [1.807, 2.05) is 0 Å². The number of nitrogens with one attached hydrogen (secondary N) is 1. The van der Waals surface area contributed by atoms with Gasteiger partial charge in [0.1, 0.15) is 0 Å². The molecule has 0 aliphatic carbocycles. The molecule has 0 saturated heterocycles. The molecule has 0 fully saturated rings. The standard InChI is InChI=1S/C13H17ClN2O4/c1-16(6-3-7-20-2)13(19)15-11-5-4-9(12(17)18)8-10(11)14/h4-5,8H,3,6-7H2,1-2H3,(H,15,19)(H,17,18). The van der Waals surface area contributed by atoms with Crippen LogP contribution in [0.3, 0.4) is 0 Å². The van der Waals surface area contributed by atoms with E-state index >= 15 is 0 Å². The lowest BCUT2D eigenvalue weighted by molar-refractivity contribution is 0.0697. The Morgan fingerprint density at radius 1 is 1.45 bits per heavy atom. The van der Waals surface area contributed by atoms with E-state index in [1.165, 1.54) is 23.1 Å². The van der Waals surface area contributed by atoms with E-state index in [0.29, 0.717) is 18.8 Å². The molecule has 0 aliphatic heterocycles. The van der Waals surface area contributed by atoms with Gasteiger partial charge in [0.25, 0.3) is 0 Å². The summed E-state index contributed by atoms with van der Waals surface area (Å²) in [5, 5.41) is 11.6. The van der Waals surface area contributed by atoms with Crippen molar-refractivity contribution in [3.8, 4) is 0 Å². The Balaban J connectivity index is 2.64. The van der Waals surface area contributed by atoms with Crippen molar-refractivity contribution in [3.63, 3.8) is 0 Å². The number of urea groups is 1. The summed E-state index contributed by atoms with van der Waals surface area (Å²) < 4.78 is 4.91. The van der Waals surface area contributed by atoms with E-state index in [2.05, 4.69) is 5.32 Å². The summed E-state index contributed by atoms with van der Waals surface area (Å²) in [5.74, 6) is -1.07. The van der Waals surface area contributed by atoms with Gasteiger partial charge in [0.05, 0.1) is 16.3 Å². The van der Waals surface area contributed by atoms with Crippen LogP contribution in [-0.4, -0.2) is 49.3 Å². The van der Waals surface area contributed by atoms with E-state index in [1.54, 1.807) is 14.2 Å². The van der Waals surface area contributed by atoms with E-state index in [-0.39, 0.29) is 16.6 Å². The number of carbonyl (C=O) groups excluding carboxylic acids is 1. The monoisotopic (exact) mass is 300 g/mol. The van der Waals surface area contributed by atoms with Crippen LogP contribution in [0.25, 0.3) is 0 Å². The number of halogens is 1. The Hall–Kier alpha value is -1.79. The normalized spacial score (nSPS) is 10.2. The van der Waals surface area contributed by atoms with Crippen molar-refractivity contribution in [2.45, 2.75) is 6.42 Å². The van der Waals surface area contributed by atoms with Crippen molar-refractivity contribution >= 4 is 29.3 Å². The number of carboxylic acid groups (broad SMARTS) is 1. The molecule has 7 heteroatoms. The zero-order chi connectivity index (χ0) is 15.1. The highest BCUT2D eigenvalue weighted by atomic mass is 35.5. The lowest BCUT2D eigenvalue weighted by Gasteiger charge is -2.18. The number of hydrogen-bond donors (Lipinski definition) is 2. The molecule has 2 N–H and O–H groups in total. The Bertz CT molecular complexity index is 493. The third-order valence-electron chi connectivity index (χ3n) is 2.65. The van der Waals surface area contributed by atoms with Gasteiger partial charge in [0, 0.05) is 27.3 Å². The number of carbonyl (C=O) groups is 2. The number of ether oxygens (including phenoxy) is 1. The molecule has 0 atom stereocenters. The van der Waals surface area contributed by atoms with Crippen LogP contribution >= 0.6 is 11.6 Å². The van der Waals surface area contributed by atoms with Gasteiger partial charge in [-0.3, -0.25) is 0 Å². The van der Waals surface area contributed by atoms with Crippen LogP contribution in [0.5, 0.6) is 0 Å². The molecular formula is C13H17ClN2O4. The van der Waals surface area contributed by atoms with Crippen LogP contribution in [0.4, 0.5) is 10.5 Å². The molecule has 2 amide bonds. The topological polar surface area (TPSA) is 78.9 Å². The zero-order valence-corrected chi connectivity index (χ0v) is 12.1. The predicted octanol–water partition coefficient (Wildman–Crippen LogP) is 2.54. The molecule has 1 aromatic carbocycles. The summed E-state index contributed by atoms with van der Waals surface area (Å²) in [7, 11) is 3.26. The molecule has 110 valence electrons. The molecule has 0 aliphatic rings. The fraction of sp³-hybridized carbons (Fsp3) is 0.385. The molecule has 0 saturated carbocycles. The van der Waals surface area contributed by atoms with Crippen molar-refractivity contribution in [2.24, 2.45) is 0 Å². The fourth-order valence-electron chi connectivity index (χ4n) is 1.51. The summed E-state index contributed by atoms with van der Waals surface area (Å²) in [6.45, 7) is 1.12. The molecule has 0 bridgehead atoms. The number of anilines is 1. The largest absolute Gasteiger partial charge is 0.478 e. The van der Waals surface area contributed by atoms with Gasteiger partial charge in [0.2, 0.25) is 0 Å². The number of amides is 2. The Morgan fingerprint density at radius 3 is 2.70 bits per heavy atom. The first-order chi connectivity index (χ1) is 9.45. The summed E-state index contributed by atoms with van der Waals surface area (Å²) in [4.78, 5) is 24.2. The van der Waals surface area contributed by atoms with Crippen LogP contribution < -0.4 is 5.32 Å². The summed E-state index contributed by atoms with van der Waals surface area (Å²) >= 11 is 5.93. The lowest BCUT2D eigenvalue weighted by Crippen LogP contribution is -2.32. The number of aromatic carboxylic acids is 1. The van der Waals surface area contributed by atoms with Crippen molar-refractivity contribution in [1.29, 1.82) is 0 Å². The maximum Gasteiger partial charge on any atom is 0.335 e. The number of methoxy groups -OCH3 is 1. The van der Waals surface area contributed by atoms with Gasteiger partial charge in [-0.05, 0) is 24.6 Å². The number of rotatable bonds is 6. The quantitative estimate of drug-likeness (QED) is 0.791. The van der Waals surface area contributed by atoms with Crippen molar-refractivity contribution in [1.82, 2.24) is 4.90 Å². The SMILES string of the molecule is COCCCN(C)C(=O)Nc1ccc(C(=O)O)cc1Cl. The highest BCUT2D eigenvalue weighted by Gasteiger charge is 2.12. The van der Waals surface area contributed by atoms with Gasteiger partial charge in [-0.15, -0.1) is 0 Å². The average Bonchev–Trinajstić information content (AvgIpc) is 2.40. The zero-order valence-electron chi connectivity index (χ0n) is 11.4. The number of benzene rings is 1. The fourth-order valence-corrected chi connectivity index (χ4v) is 1.74. The summed E-state index contributed by atoms with van der Waals surface area (Å²) in [6, 6.07) is 3.83. The first-order valence-electron chi connectivity index (χ1n) is 5.99. The first kappa shape index (κ1) is 16.3. The minimum atomic E-state index is -1.07. The smallest absolute Gasteiger partial charge is 0.335 e. The Morgan fingerprint density at radius 2 is 2.15 bits per heavy atom. The van der Waals surface area contributed by atoms with Crippen LogP contribution in [-0.2, 0) is 4.74 Å². The van der Waals surface area contributed by atoms with Gasteiger partial charge >= 0.3 is 12.0 Å². The van der Waals surface area contributed by atoms with Gasteiger partial charge in [0.15, 0.2) is 0 Å². The summed E-state index contributed by atoms with van der Waals surface area (Å²) in [5.41, 5.74) is 0.446. The second-order valence-corrected chi connectivity index (χ2v) is 4.61. The molecule has 1 aromatic rings. The van der Waals surface area contributed by atoms with Gasteiger partial charge < -0.3 is 20.1 Å². The highest BCUT2D eigenvalue weighted by Crippen LogP contribution is 2.23. The third kappa shape index (κ3) is 4.71. The molecule has 0 aromatic heterocycles. The van der Waals surface area contributed by atoms with E-state index in [4.69, 9.17) is 21.4 Å². The second-order valence-electron chi connectivity index (χ2n) is 4.20. The maximum atomic E-state index is 11.9. The van der Waals surface area contributed by atoms with Gasteiger partial charge in [-0.25, -0.2) is 9.59 Å². The van der Waals surface area contributed by atoms with E-state index in [9.17, 15) is 9.59 Å². The minimum Gasteiger partial charge on any atom is -0.478 e. The molecular weight excluding hydrogens is 284 g/mol. The minimum absolute atomic E-state index is 0.0708. The molecule has 0 heterocycles. The molecule has 0 unspecified atom stereocenters. The molecule has 0 radical (unpaired) electrons.